The summed E-state index contributed by atoms with van der Waals surface area (Å²) in [5, 5.41) is 8.94. The minimum Gasteiger partial charge on any atom is -0.480 e. The van der Waals surface area contributed by atoms with Crippen molar-refractivity contribution < 1.29 is 14.7 Å². The lowest BCUT2D eigenvalue weighted by molar-refractivity contribution is -0.138. The van der Waals surface area contributed by atoms with Crippen LogP contribution in [-0.2, 0) is 4.79 Å². The Hall–Kier alpha value is -2.11. The van der Waals surface area contributed by atoms with Gasteiger partial charge in [-0.3, -0.25) is 9.59 Å². The van der Waals surface area contributed by atoms with Crippen LogP contribution >= 0.6 is 0 Å². The Morgan fingerprint density at radius 3 is 2.20 bits per heavy atom. The molecule has 1 aromatic rings. The highest BCUT2D eigenvalue weighted by Crippen LogP contribution is 2.18. The number of aliphatic carboxylic acids is 1. The smallest absolute Gasteiger partial charge is 0.323 e. The average Bonchev–Trinajstić information content (AvgIpc) is 2.33. The summed E-state index contributed by atoms with van der Waals surface area (Å²) in [6.07, 6.45) is 1.47. The van der Waals surface area contributed by atoms with E-state index in [1.54, 1.807) is 32.9 Å². The number of carboxylic acid groups (broad SMARTS) is 1. The first-order chi connectivity index (χ1) is 9.12. The highest BCUT2D eigenvalue weighted by Gasteiger charge is 2.29. The second kappa shape index (κ2) is 5.90. The van der Waals surface area contributed by atoms with E-state index in [0.29, 0.717) is 5.56 Å². The van der Waals surface area contributed by atoms with Crippen molar-refractivity contribution in [3.8, 4) is 0 Å². The Labute approximate surface area is 119 Å². The van der Waals surface area contributed by atoms with Gasteiger partial charge in [-0.25, -0.2) is 4.98 Å². The molecule has 1 heterocycles. The Bertz CT molecular complexity index is 489. The van der Waals surface area contributed by atoms with Crippen molar-refractivity contribution in [1.29, 1.82) is 0 Å². The number of carbonyl (C=O) groups excluding carboxylic acids is 1. The van der Waals surface area contributed by atoms with Crippen LogP contribution in [0.5, 0.6) is 0 Å². The van der Waals surface area contributed by atoms with E-state index >= 15 is 0 Å². The fourth-order valence-electron chi connectivity index (χ4n) is 1.68. The second-order valence-corrected chi connectivity index (χ2v) is 5.76. The topological polar surface area (TPSA) is 73.7 Å². The summed E-state index contributed by atoms with van der Waals surface area (Å²) in [5.74, 6) is -0.633. The normalized spacial score (nSPS) is 11.1. The molecule has 1 rings (SSSR count). The van der Waals surface area contributed by atoms with Gasteiger partial charge in [0, 0.05) is 25.8 Å². The molecule has 0 bridgehead atoms. The van der Waals surface area contributed by atoms with Gasteiger partial charge < -0.3 is 14.9 Å². The zero-order valence-corrected chi connectivity index (χ0v) is 12.5. The molecule has 20 heavy (non-hydrogen) atoms. The van der Waals surface area contributed by atoms with Gasteiger partial charge >= 0.3 is 5.97 Å². The standard InChI is InChI=1S/C14H21N3O3/c1-14(2,3)17(9-12(18)19)13(20)10-6-7-11(15-8-10)16(4)5/h6-8H,9H2,1-5H3,(H,18,19). The maximum Gasteiger partial charge on any atom is 0.323 e. The molecule has 0 aliphatic heterocycles. The molecule has 0 unspecified atom stereocenters. The SMILES string of the molecule is CN(C)c1ccc(C(=O)N(CC(=O)O)C(C)(C)C)cn1. The molecule has 6 heteroatoms. The third-order valence-corrected chi connectivity index (χ3v) is 2.80. The van der Waals surface area contributed by atoms with Crippen LogP contribution in [0.2, 0.25) is 0 Å². The number of nitrogens with zero attached hydrogens (tertiary/aromatic N) is 3. The van der Waals surface area contributed by atoms with Crippen LogP contribution in [0.25, 0.3) is 0 Å². The molecule has 0 aliphatic rings. The van der Waals surface area contributed by atoms with Crippen molar-refractivity contribution in [1.82, 2.24) is 9.88 Å². The van der Waals surface area contributed by atoms with E-state index < -0.39 is 11.5 Å². The van der Waals surface area contributed by atoms with Crippen LogP contribution in [0.15, 0.2) is 18.3 Å². The zero-order valence-electron chi connectivity index (χ0n) is 12.5. The number of aromatic nitrogens is 1. The van der Waals surface area contributed by atoms with Crippen molar-refractivity contribution in [3.05, 3.63) is 23.9 Å². The predicted molar refractivity (Wildman–Crippen MR) is 77.0 cm³/mol. The van der Waals surface area contributed by atoms with Crippen LogP contribution in [0, 0.1) is 0 Å². The number of rotatable bonds is 4. The first-order valence-electron chi connectivity index (χ1n) is 6.30. The van der Waals surface area contributed by atoms with E-state index in [4.69, 9.17) is 5.11 Å². The van der Waals surface area contributed by atoms with E-state index in [9.17, 15) is 9.59 Å². The summed E-state index contributed by atoms with van der Waals surface area (Å²) in [4.78, 5) is 30.7. The van der Waals surface area contributed by atoms with Gasteiger partial charge in [0.2, 0.25) is 0 Å². The largest absolute Gasteiger partial charge is 0.480 e. The molecular weight excluding hydrogens is 258 g/mol. The van der Waals surface area contributed by atoms with E-state index in [0.717, 1.165) is 5.82 Å². The zero-order chi connectivity index (χ0) is 15.5. The summed E-state index contributed by atoms with van der Waals surface area (Å²) >= 11 is 0. The fourth-order valence-corrected chi connectivity index (χ4v) is 1.68. The van der Waals surface area contributed by atoms with Crippen LogP contribution in [0.4, 0.5) is 5.82 Å². The first kappa shape index (κ1) is 15.9. The van der Waals surface area contributed by atoms with E-state index in [2.05, 4.69) is 4.98 Å². The number of carboxylic acids is 1. The molecule has 110 valence electrons. The molecule has 0 aromatic carbocycles. The number of carbonyl (C=O) groups is 2. The molecule has 6 nitrogen and oxygen atoms in total. The average molecular weight is 279 g/mol. The molecule has 0 saturated carbocycles. The lowest BCUT2D eigenvalue weighted by atomic mass is 10.0. The maximum atomic E-state index is 12.4. The van der Waals surface area contributed by atoms with Gasteiger partial charge in [0.15, 0.2) is 0 Å². The summed E-state index contributed by atoms with van der Waals surface area (Å²) in [7, 11) is 3.71. The minimum absolute atomic E-state index is 0.335. The highest BCUT2D eigenvalue weighted by molar-refractivity contribution is 5.96. The number of amides is 1. The molecule has 0 aliphatic carbocycles. The van der Waals surface area contributed by atoms with Crippen molar-refractivity contribution in [2.45, 2.75) is 26.3 Å². The Morgan fingerprint density at radius 2 is 1.85 bits per heavy atom. The quantitative estimate of drug-likeness (QED) is 0.903. The molecule has 1 amide bonds. The van der Waals surface area contributed by atoms with E-state index in [-0.39, 0.29) is 12.5 Å². The van der Waals surface area contributed by atoms with Crippen LogP contribution in [0.3, 0.4) is 0 Å². The summed E-state index contributed by atoms with van der Waals surface area (Å²) in [6.45, 7) is 5.07. The first-order valence-corrected chi connectivity index (χ1v) is 6.30. The Balaban J connectivity index is 3.03. The van der Waals surface area contributed by atoms with Gasteiger partial charge in [-0.2, -0.15) is 0 Å². The molecule has 1 aromatic heterocycles. The molecule has 0 saturated heterocycles. The molecular formula is C14H21N3O3. The highest BCUT2D eigenvalue weighted by atomic mass is 16.4. The second-order valence-electron chi connectivity index (χ2n) is 5.76. The molecule has 0 atom stereocenters. The van der Waals surface area contributed by atoms with Crippen LogP contribution < -0.4 is 4.90 Å². The monoisotopic (exact) mass is 279 g/mol. The van der Waals surface area contributed by atoms with Crippen LogP contribution in [0.1, 0.15) is 31.1 Å². The van der Waals surface area contributed by atoms with E-state index in [1.807, 2.05) is 19.0 Å². The van der Waals surface area contributed by atoms with Gasteiger partial charge in [-0.05, 0) is 32.9 Å². The van der Waals surface area contributed by atoms with Crippen molar-refractivity contribution in [3.63, 3.8) is 0 Å². The number of hydrogen-bond acceptors (Lipinski definition) is 4. The van der Waals surface area contributed by atoms with Crippen molar-refractivity contribution in [2.75, 3.05) is 25.5 Å². The number of hydrogen-bond donors (Lipinski definition) is 1. The Morgan fingerprint density at radius 1 is 1.25 bits per heavy atom. The molecule has 0 spiro atoms. The maximum absolute atomic E-state index is 12.4. The van der Waals surface area contributed by atoms with E-state index in [1.165, 1.54) is 11.1 Å². The number of pyridine rings is 1. The van der Waals surface area contributed by atoms with Gasteiger partial charge in [-0.15, -0.1) is 0 Å². The summed E-state index contributed by atoms with van der Waals surface area (Å²) in [6, 6.07) is 3.39. The molecule has 1 N–H and O–H groups in total. The summed E-state index contributed by atoms with van der Waals surface area (Å²) in [5.41, 5.74) is -0.192. The lowest BCUT2D eigenvalue weighted by Gasteiger charge is -2.34. The third-order valence-electron chi connectivity index (χ3n) is 2.80. The molecule has 0 radical (unpaired) electrons. The third kappa shape index (κ3) is 3.94. The molecule has 0 fully saturated rings. The van der Waals surface area contributed by atoms with Crippen molar-refractivity contribution in [2.24, 2.45) is 0 Å². The Kier molecular flexibility index (Phi) is 4.70. The summed E-state index contributed by atoms with van der Waals surface area (Å²) < 4.78 is 0. The van der Waals surface area contributed by atoms with Gasteiger partial charge in [0.1, 0.15) is 12.4 Å². The minimum atomic E-state index is -1.04. The van der Waals surface area contributed by atoms with Crippen molar-refractivity contribution >= 4 is 17.7 Å². The van der Waals surface area contributed by atoms with Gasteiger partial charge in [0.25, 0.3) is 5.91 Å². The van der Waals surface area contributed by atoms with Crippen LogP contribution in [-0.4, -0.2) is 53.0 Å². The lowest BCUT2D eigenvalue weighted by Crippen LogP contribution is -2.48. The van der Waals surface area contributed by atoms with Gasteiger partial charge in [0.05, 0.1) is 5.56 Å². The number of anilines is 1. The fraction of sp³-hybridized carbons (Fsp3) is 0.500. The van der Waals surface area contributed by atoms with Gasteiger partial charge in [-0.1, -0.05) is 0 Å². The predicted octanol–water partition coefficient (Wildman–Crippen LogP) is 1.47.